The van der Waals surface area contributed by atoms with Crippen LogP contribution >= 0.6 is 0 Å². The maximum atomic E-state index is 12.4. The quantitative estimate of drug-likeness (QED) is 0.900. The zero-order valence-corrected chi connectivity index (χ0v) is 12.4. The second-order valence-electron chi connectivity index (χ2n) is 6.66. The lowest BCUT2D eigenvalue weighted by molar-refractivity contribution is -0.125. The molecule has 0 aromatic heterocycles. The zero-order chi connectivity index (χ0) is 14.4. The molecule has 1 aromatic carbocycles. The van der Waals surface area contributed by atoms with E-state index in [1.165, 1.54) is 5.56 Å². The van der Waals surface area contributed by atoms with Crippen LogP contribution in [-0.4, -0.2) is 35.3 Å². The van der Waals surface area contributed by atoms with Crippen LogP contribution in [0.15, 0.2) is 35.3 Å². The highest BCUT2D eigenvalue weighted by Gasteiger charge is 2.58. The number of benzene rings is 1. The first-order chi connectivity index (χ1) is 10.2. The van der Waals surface area contributed by atoms with Crippen molar-refractivity contribution in [3.05, 3.63) is 35.9 Å². The monoisotopic (exact) mass is 283 g/mol. The van der Waals surface area contributed by atoms with E-state index in [0.717, 1.165) is 38.3 Å². The summed E-state index contributed by atoms with van der Waals surface area (Å²) < 4.78 is 0. The average Bonchev–Trinajstić information content (AvgIpc) is 3.08. The molecule has 2 fully saturated rings. The van der Waals surface area contributed by atoms with Crippen LogP contribution in [0, 0.1) is 11.8 Å². The van der Waals surface area contributed by atoms with Gasteiger partial charge in [-0.15, -0.1) is 0 Å². The van der Waals surface area contributed by atoms with Gasteiger partial charge in [-0.2, -0.15) is 0 Å². The maximum Gasteiger partial charge on any atom is 0.253 e. The van der Waals surface area contributed by atoms with Crippen LogP contribution in [0.3, 0.4) is 0 Å². The Labute approximate surface area is 125 Å². The molecule has 1 aromatic rings. The third kappa shape index (κ3) is 2.01. The minimum absolute atomic E-state index is 0.133. The number of fused-ring (bicyclic) bond motifs is 2. The van der Waals surface area contributed by atoms with Crippen molar-refractivity contribution in [2.75, 3.05) is 13.1 Å². The lowest BCUT2D eigenvalue weighted by Gasteiger charge is -2.25. The number of hydrogen-bond donors (Lipinski definition) is 1. The van der Waals surface area contributed by atoms with E-state index >= 15 is 0 Å². The molecule has 3 atom stereocenters. The smallest absolute Gasteiger partial charge is 0.253 e. The van der Waals surface area contributed by atoms with Crippen LogP contribution in [0.2, 0.25) is 0 Å². The number of rotatable bonds is 2. The van der Waals surface area contributed by atoms with Gasteiger partial charge in [0.25, 0.3) is 5.91 Å². The molecule has 1 N–H and O–H groups in total. The normalized spacial score (nSPS) is 35.1. The average molecular weight is 283 g/mol. The van der Waals surface area contributed by atoms with Gasteiger partial charge in [-0.1, -0.05) is 30.3 Å². The van der Waals surface area contributed by atoms with Crippen LogP contribution in [0.1, 0.15) is 25.3 Å². The van der Waals surface area contributed by atoms with E-state index in [-0.39, 0.29) is 5.91 Å². The summed E-state index contributed by atoms with van der Waals surface area (Å²) in [6.07, 6.45) is 2.05. The second-order valence-corrected chi connectivity index (χ2v) is 6.66. The Morgan fingerprint density at radius 1 is 1.33 bits per heavy atom. The SMILES string of the molecule is CC1=N[C@@]2(CC[C@@H]3CN(Cc4ccccc4)C[C@@H]32)C(=O)N1. The summed E-state index contributed by atoms with van der Waals surface area (Å²) in [5, 5.41) is 2.92. The Morgan fingerprint density at radius 3 is 2.86 bits per heavy atom. The molecule has 1 saturated carbocycles. The first kappa shape index (κ1) is 13.0. The topological polar surface area (TPSA) is 44.7 Å². The van der Waals surface area contributed by atoms with Gasteiger partial charge in [0.1, 0.15) is 11.4 Å². The highest BCUT2D eigenvalue weighted by molar-refractivity contribution is 6.07. The van der Waals surface area contributed by atoms with Crippen LogP contribution in [0.4, 0.5) is 0 Å². The number of amides is 1. The second kappa shape index (κ2) is 4.67. The van der Waals surface area contributed by atoms with E-state index < -0.39 is 5.54 Å². The fraction of sp³-hybridized carbons (Fsp3) is 0.529. The molecule has 1 amide bonds. The molecule has 1 aliphatic carbocycles. The van der Waals surface area contributed by atoms with Gasteiger partial charge in [-0.25, -0.2) is 0 Å². The summed E-state index contributed by atoms with van der Waals surface area (Å²) in [4.78, 5) is 19.6. The molecular formula is C17H21N3O. The number of aliphatic imine (C=N–C) groups is 1. The van der Waals surface area contributed by atoms with Crippen molar-refractivity contribution in [1.82, 2.24) is 10.2 Å². The summed E-state index contributed by atoms with van der Waals surface area (Å²) in [6, 6.07) is 10.6. The summed E-state index contributed by atoms with van der Waals surface area (Å²) in [5.41, 5.74) is 0.891. The van der Waals surface area contributed by atoms with Gasteiger partial charge in [0.05, 0.1) is 0 Å². The summed E-state index contributed by atoms with van der Waals surface area (Å²) in [7, 11) is 0. The molecule has 2 heterocycles. The predicted molar refractivity (Wildman–Crippen MR) is 81.9 cm³/mol. The Hall–Kier alpha value is -1.68. The Kier molecular flexibility index (Phi) is 2.89. The molecule has 0 unspecified atom stereocenters. The third-order valence-corrected chi connectivity index (χ3v) is 5.33. The van der Waals surface area contributed by atoms with Crippen LogP contribution in [-0.2, 0) is 11.3 Å². The number of carbonyl (C=O) groups excluding carboxylic acids is 1. The Bertz CT molecular complexity index is 597. The van der Waals surface area contributed by atoms with E-state index in [0.29, 0.717) is 11.8 Å². The third-order valence-electron chi connectivity index (χ3n) is 5.33. The van der Waals surface area contributed by atoms with Crippen molar-refractivity contribution in [2.45, 2.75) is 31.8 Å². The minimum atomic E-state index is -0.458. The molecule has 0 radical (unpaired) electrons. The highest BCUT2D eigenvalue weighted by Crippen LogP contribution is 2.48. The first-order valence-corrected chi connectivity index (χ1v) is 7.81. The molecule has 3 aliphatic rings. The first-order valence-electron chi connectivity index (χ1n) is 7.81. The van der Waals surface area contributed by atoms with Crippen molar-refractivity contribution < 1.29 is 4.79 Å². The molecule has 4 nitrogen and oxygen atoms in total. The zero-order valence-electron chi connectivity index (χ0n) is 12.4. The van der Waals surface area contributed by atoms with Gasteiger partial charge in [-0.3, -0.25) is 14.7 Å². The summed E-state index contributed by atoms with van der Waals surface area (Å²) in [6.45, 7) is 4.97. The van der Waals surface area contributed by atoms with Crippen molar-refractivity contribution in [2.24, 2.45) is 16.8 Å². The van der Waals surface area contributed by atoms with Crippen molar-refractivity contribution >= 4 is 11.7 Å². The summed E-state index contributed by atoms with van der Waals surface area (Å²) in [5.74, 6) is 1.93. The lowest BCUT2D eigenvalue weighted by Crippen LogP contribution is -2.44. The number of hydrogen-bond acceptors (Lipinski definition) is 3. The number of likely N-dealkylation sites (tertiary alicyclic amines) is 1. The molecule has 110 valence electrons. The van der Waals surface area contributed by atoms with E-state index in [1.54, 1.807) is 0 Å². The molecule has 2 aliphatic heterocycles. The van der Waals surface area contributed by atoms with E-state index in [4.69, 9.17) is 4.99 Å². The highest BCUT2D eigenvalue weighted by atomic mass is 16.2. The predicted octanol–water partition coefficient (Wildman–Crippen LogP) is 1.82. The molecular weight excluding hydrogens is 262 g/mol. The van der Waals surface area contributed by atoms with E-state index in [9.17, 15) is 4.79 Å². The van der Waals surface area contributed by atoms with Crippen molar-refractivity contribution in [3.8, 4) is 0 Å². The number of nitrogens with one attached hydrogen (secondary N) is 1. The van der Waals surface area contributed by atoms with Gasteiger partial charge < -0.3 is 5.32 Å². The molecule has 4 heteroatoms. The molecule has 21 heavy (non-hydrogen) atoms. The standard InChI is InChI=1S/C17H21N3O/c1-12-18-16(21)17(19-12)8-7-14-10-20(11-15(14)17)9-13-5-3-2-4-6-13/h2-6,14-15H,7-11H2,1H3,(H,18,19,21)/t14-,15+,17-/m1/s1. The van der Waals surface area contributed by atoms with Crippen LogP contribution in [0.5, 0.6) is 0 Å². The van der Waals surface area contributed by atoms with Gasteiger partial charge in [0.15, 0.2) is 0 Å². The van der Waals surface area contributed by atoms with E-state index in [1.807, 2.05) is 6.92 Å². The fourth-order valence-corrected chi connectivity index (χ4v) is 4.43. The van der Waals surface area contributed by atoms with Crippen molar-refractivity contribution in [1.29, 1.82) is 0 Å². The number of amidine groups is 1. The Morgan fingerprint density at radius 2 is 2.14 bits per heavy atom. The molecule has 1 saturated heterocycles. The maximum absolute atomic E-state index is 12.4. The van der Waals surface area contributed by atoms with Gasteiger partial charge >= 0.3 is 0 Å². The van der Waals surface area contributed by atoms with Crippen molar-refractivity contribution in [3.63, 3.8) is 0 Å². The minimum Gasteiger partial charge on any atom is -0.313 e. The van der Waals surface area contributed by atoms with E-state index in [2.05, 4.69) is 40.5 Å². The molecule has 1 spiro atoms. The number of carbonyl (C=O) groups is 1. The van der Waals surface area contributed by atoms with Gasteiger partial charge in [0, 0.05) is 25.6 Å². The summed E-state index contributed by atoms with van der Waals surface area (Å²) >= 11 is 0. The largest absolute Gasteiger partial charge is 0.313 e. The fourth-order valence-electron chi connectivity index (χ4n) is 4.43. The van der Waals surface area contributed by atoms with Gasteiger partial charge in [0.2, 0.25) is 0 Å². The molecule has 0 bridgehead atoms. The van der Waals surface area contributed by atoms with Crippen LogP contribution in [0.25, 0.3) is 0 Å². The Balaban J connectivity index is 1.52. The number of nitrogens with zero attached hydrogens (tertiary/aromatic N) is 2. The van der Waals surface area contributed by atoms with Gasteiger partial charge in [-0.05, 0) is 31.2 Å². The lowest BCUT2D eigenvalue weighted by atomic mass is 9.85. The molecule has 4 rings (SSSR count). The van der Waals surface area contributed by atoms with Crippen LogP contribution < -0.4 is 5.32 Å².